The molecule has 25 heavy (non-hydrogen) atoms. The van der Waals surface area contributed by atoms with Gasteiger partial charge in [0.2, 0.25) is 0 Å². The second-order valence-corrected chi connectivity index (χ2v) is 6.44. The number of rotatable bonds is 3. The van der Waals surface area contributed by atoms with Crippen LogP contribution in [0.4, 0.5) is 0 Å². The predicted octanol–water partition coefficient (Wildman–Crippen LogP) is 2.02. The number of hydrogen-bond acceptors (Lipinski definition) is 4. The van der Waals surface area contributed by atoms with Crippen molar-refractivity contribution in [1.82, 2.24) is 25.9 Å². The molecular weight excluding hydrogens is 338 g/mol. The molecule has 2 aromatic rings. The molecule has 0 aliphatic heterocycles. The molecule has 0 bridgehead atoms. The molecule has 0 spiro atoms. The van der Waals surface area contributed by atoms with Crippen LogP contribution in [0.15, 0.2) is 36.5 Å². The van der Waals surface area contributed by atoms with E-state index >= 15 is 0 Å². The Kier molecular flexibility index (Phi) is 5.49. The first-order valence-electron chi connectivity index (χ1n) is 8.34. The first-order valence-corrected chi connectivity index (χ1v) is 8.75. The largest absolute Gasteiger partial charge is 0.504 e. The normalized spacial score (nSPS) is 14.7. The van der Waals surface area contributed by atoms with Crippen molar-refractivity contribution >= 4 is 23.2 Å². The van der Waals surface area contributed by atoms with Gasteiger partial charge < -0.3 is 10.4 Å². The van der Waals surface area contributed by atoms with Crippen molar-refractivity contribution in [3.63, 3.8) is 0 Å². The molecule has 1 aliphatic rings. The third-order valence-electron chi connectivity index (χ3n) is 4.16. The average Bonchev–Trinajstić information content (AvgIpc) is 3.03. The Morgan fingerprint density at radius 3 is 2.60 bits per heavy atom. The Bertz CT molecular complexity index is 741. The van der Waals surface area contributed by atoms with Crippen LogP contribution < -0.4 is 16.2 Å². The van der Waals surface area contributed by atoms with Crippen LogP contribution in [0.5, 0.6) is 5.75 Å². The van der Waals surface area contributed by atoms with Gasteiger partial charge in [-0.25, -0.2) is 4.68 Å². The van der Waals surface area contributed by atoms with Crippen LogP contribution in [0.3, 0.4) is 0 Å². The average molecular weight is 359 g/mol. The number of para-hydroxylation sites is 1. The Hall–Kier alpha value is -2.61. The Balaban J connectivity index is 1.56. The molecule has 7 nitrogen and oxygen atoms in total. The highest BCUT2D eigenvalue weighted by Gasteiger charge is 2.18. The standard InChI is InChI=1S/C17H21N5O2S/c23-14-11-22(13-9-5-2-6-10-13)21-15(14)16(24)19-20-17(25)18-12-7-3-1-4-8-12/h2,5-6,9-12,23H,1,3-4,7-8H2,(H,19,24)(H2,18,20,25). The van der Waals surface area contributed by atoms with Gasteiger partial charge in [-0.15, -0.1) is 0 Å². The number of nitrogens with one attached hydrogen (secondary N) is 3. The molecule has 0 atom stereocenters. The van der Waals surface area contributed by atoms with Gasteiger partial charge in [-0.2, -0.15) is 5.10 Å². The number of amides is 1. The fourth-order valence-corrected chi connectivity index (χ4v) is 3.10. The zero-order valence-corrected chi connectivity index (χ0v) is 14.6. The number of hydrazine groups is 1. The molecule has 4 N–H and O–H groups in total. The Morgan fingerprint density at radius 2 is 1.88 bits per heavy atom. The monoisotopic (exact) mass is 359 g/mol. The van der Waals surface area contributed by atoms with Gasteiger partial charge in [0, 0.05) is 6.04 Å². The summed E-state index contributed by atoms with van der Waals surface area (Å²) >= 11 is 5.19. The van der Waals surface area contributed by atoms with Gasteiger partial charge in [0.05, 0.1) is 11.9 Å². The molecule has 1 fully saturated rings. The minimum absolute atomic E-state index is 0.0724. The summed E-state index contributed by atoms with van der Waals surface area (Å²) in [7, 11) is 0. The van der Waals surface area contributed by atoms with E-state index < -0.39 is 5.91 Å². The minimum atomic E-state index is -0.556. The number of aromatic hydroxyl groups is 1. The maximum Gasteiger partial charge on any atom is 0.294 e. The molecule has 0 unspecified atom stereocenters. The van der Waals surface area contributed by atoms with Crippen LogP contribution in [0.2, 0.25) is 0 Å². The molecule has 1 amide bonds. The fourth-order valence-electron chi connectivity index (χ4n) is 2.88. The van der Waals surface area contributed by atoms with Gasteiger partial charge in [0.1, 0.15) is 0 Å². The van der Waals surface area contributed by atoms with Crippen molar-refractivity contribution in [2.75, 3.05) is 0 Å². The van der Waals surface area contributed by atoms with E-state index in [9.17, 15) is 9.90 Å². The molecule has 1 aromatic carbocycles. The molecule has 3 rings (SSSR count). The second-order valence-electron chi connectivity index (χ2n) is 6.03. The molecule has 8 heteroatoms. The first-order chi connectivity index (χ1) is 12.1. The lowest BCUT2D eigenvalue weighted by Crippen LogP contribution is -2.50. The van der Waals surface area contributed by atoms with E-state index in [-0.39, 0.29) is 11.4 Å². The summed E-state index contributed by atoms with van der Waals surface area (Å²) < 4.78 is 1.45. The van der Waals surface area contributed by atoms with Crippen LogP contribution in [0, 0.1) is 0 Å². The fraction of sp³-hybridized carbons (Fsp3) is 0.353. The molecular formula is C17H21N5O2S. The third-order valence-corrected chi connectivity index (χ3v) is 4.38. The molecule has 1 saturated carbocycles. The quantitative estimate of drug-likeness (QED) is 0.495. The van der Waals surface area contributed by atoms with Crippen LogP contribution in [-0.2, 0) is 0 Å². The summed E-state index contributed by atoms with van der Waals surface area (Å²) in [4.78, 5) is 12.2. The van der Waals surface area contributed by atoms with Crippen LogP contribution in [0.1, 0.15) is 42.6 Å². The summed E-state index contributed by atoms with van der Waals surface area (Å²) in [6, 6.07) is 9.59. The lowest BCUT2D eigenvalue weighted by molar-refractivity contribution is 0.0935. The Morgan fingerprint density at radius 1 is 1.16 bits per heavy atom. The van der Waals surface area contributed by atoms with Crippen molar-refractivity contribution in [2.45, 2.75) is 38.1 Å². The highest BCUT2D eigenvalue weighted by molar-refractivity contribution is 7.80. The summed E-state index contributed by atoms with van der Waals surface area (Å²) in [6.45, 7) is 0. The summed E-state index contributed by atoms with van der Waals surface area (Å²) in [6.07, 6.45) is 7.20. The lowest BCUT2D eigenvalue weighted by Gasteiger charge is -2.24. The van der Waals surface area contributed by atoms with Crippen molar-refractivity contribution in [2.24, 2.45) is 0 Å². The van der Waals surface area contributed by atoms with Gasteiger partial charge in [0.25, 0.3) is 5.91 Å². The van der Waals surface area contributed by atoms with Crippen molar-refractivity contribution in [3.8, 4) is 11.4 Å². The van der Waals surface area contributed by atoms with E-state index in [4.69, 9.17) is 12.2 Å². The number of carbonyl (C=O) groups is 1. The second kappa shape index (κ2) is 7.98. The number of nitrogens with zero attached hydrogens (tertiary/aromatic N) is 2. The van der Waals surface area contributed by atoms with Gasteiger partial charge in [0.15, 0.2) is 16.6 Å². The van der Waals surface area contributed by atoms with Crippen molar-refractivity contribution in [1.29, 1.82) is 0 Å². The summed E-state index contributed by atoms with van der Waals surface area (Å²) in [5.41, 5.74) is 5.81. The number of carbonyl (C=O) groups excluding carboxylic acids is 1. The maximum atomic E-state index is 12.2. The van der Waals surface area contributed by atoms with Crippen LogP contribution in [0.25, 0.3) is 5.69 Å². The SMILES string of the molecule is O=C(NNC(=S)NC1CCCCC1)c1nn(-c2ccccc2)cc1O. The number of aromatic nitrogens is 2. The molecule has 0 saturated heterocycles. The van der Waals surface area contributed by atoms with Gasteiger partial charge in [-0.05, 0) is 37.2 Å². The van der Waals surface area contributed by atoms with E-state index in [2.05, 4.69) is 21.3 Å². The summed E-state index contributed by atoms with van der Waals surface area (Å²) in [5, 5.41) is 17.6. The third kappa shape index (κ3) is 4.48. The highest BCUT2D eigenvalue weighted by atomic mass is 32.1. The molecule has 0 radical (unpaired) electrons. The van der Waals surface area contributed by atoms with Crippen LogP contribution in [-0.4, -0.2) is 31.9 Å². The lowest BCUT2D eigenvalue weighted by atomic mass is 9.96. The molecule has 1 aromatic heterocycles. The Labute approximate surface area is 151 Å². The van der Waals surface area contributed by atoms with Gasteiger partial charge in [-0.3, -0.25) is 15.6 Å². The molecule has 132 valence electrons. The number of hydrogen-bond donors (Lipinski definition) is 4. The maximum absolute atomic E-state index is 12.2. The molecule has 1 heterocycles. The summed E-state index contributed by atoms with van der Waals surface area (Å²) in [5.74, 6) is -0.755. The van der Waals surface area contributed by atoms with Crippen molar-refractivity contribution in [3.05, 3.63) is 42.2 Å². The van der Waals surface area contributed by atoms with E-state index in [1.165, 1.54) is 30.1 Å². The highest BCUT2D eigenvalue weighted by Crippen LogP contribution is 2.18. The number of benzene rings is 1. The topological polar surface area (TPSA) is 91.2 Å². The number of thiocarbonyl (C=S) groups is 1. The van der Waals surface area contributed by atoms with E-state index in [1.807, 2.05) is 30.3 Å². The predicted molar refractivity (Wildman–Crippen MR) is 98.4 cm³/mol. The van der Waals surface area contributed by atoms with E-state index in [0.717, 1.165) is 18.5 Å². The zero-order chi connectivity index (χ0) is 17.6. The van der Waals surface area contributed by atoms with E-state index in [0.29, 0.717) is 11.2 Å². The van der Waals surface area contributed by atoms with Crippen molar-refractivity contribution < 1.29 is 9.90 Å². The minimum Gasteiger partial charge on any atom is -0.504 e. The van der Waals surface area contributed by atoms with E-state index in [1.54, 1.807) is 0 Å². The smallest absolute Gasteiger partial charge is 0.294 e. The van der Waals surface area contributed by atoms with Gasteiger partial charge >= 0.3 is 0 Å². The first kappa shape index (κ1) is 17.2. The zero-order valence-electron chi connectivity index (χ0n) is 13.7. The van der Waals surface area contributed by atoms with Crippen LogP contribution >= 0.6 is 12.2 Å². The van der Waals surface area contributed by atoms with Gasteiger partial charge in [-0.1, -0.05) is 37.5 Å². The molecule has 1 aliphatic carbocycles.